The van der Waals surface area contributed by atoms with E-state index in [9.17, 15) is 5.26 Å². The standard InChI is InChI=1S/C48H29N3O/c49-30-31-9-24-45-40(25-31)28-47-48(50-45)44-23-22-43(29-46(44)52-47)51(41-18-14-34(15-19-41)38-12-10-32-5-1-3-7-36(32)26-38)42-20-16-35(17-21-42)39-13-11-33-6-2-4-8-37(33)27-39/h1-29H. The molecule has 4 nitrogen and oxygen atoms in total. The molecule has 0 aliphatic heterocycles. The third-order valence-corrected chi connectivity index (χ3v) is 10.0. The minimum Gasteiger partial charge on any atom is -0.454 e. The molecule has 2 heterocycles. The van der Waals surface area contributed by atoms with Crippen molar-refractivity contribution < 1.29 is 4.42 Å². The van der Waals surface area contributed by atoms with Crippen LogP contribution in [0.1, 0.15) is 5.56 Å². The molecule has 0 atom stereocenters. The molecule has 0 N–H and O–H groups in total. The highest BCUT2D eigenvalue weighted by molar-refractivity contribution is 6.07. The highest BCUT2D eigenvalue weighted by Gasteiger charge is 2.17. The molecule has 0 aliphatic carbocycles. The van der Waals surface area contributed by atoms with Crippen LogP contribution >= 0.6 is 0 Å². The number of aromatic nitrogens is 1. The Labute approximate surface area is 300 Å². The van der Waals surface area contributed by atoms with Crippen molar-refractivity contribution in [2.24, 2.45) is 0 Å². The molecule has 0 unspecified atom stereocenters. The van der Waals surface area contributed by atoms with E-state index in [1.54, 1.807) is 6.07 Å². The molecule has 10 aromatic rings. The van der Waals surface area contributed by atoms with Crippen LogP contribution in [0.2, 0.25) is 0 Å². The number of fused-ring (bicyclic) bond motifs is 6. The number of pyridine rings is 1. The Morgan fingerprint density at radius 1 is 0.442 bits per heavy atom. The number of rotatable bonds is 5. The van der Waals surface area contributed by atoms with E-state index >= 15 is 0 Å². The van der Waals surface area contributed by atoms with Crippen molar-refractivity contribution in [2.75, 3.05) is 4.90 Å². The molecule has 0 radical (unpaired) electrons. The van der Waals surface area contributed by atoms with Gasteiger partial charge in [0.1, 0.15) is 11.1 Å². The van der Waals surface area contributed by atoms with Crippen LogP contribution in [0.3, 0.4) is 0 Å². The van der Waals surface area contributed by atoms with Gasteiger partial charge in [-0.15, -0.1) is 0 Å². The first-order valence-electron chi connectivity index (χ1n) is 17.3. The van der Waals surface area contributed by atoms with Crippen molar-refractivity contribution in [3.63, 3.8) is 0 Å². The first kappa shape index (κ1) is 29.7. The summed E-state index contributed by atoms with van der Waals surface area (Å²) in [4.78, 5) is 7.20. The van der Waals surface area contributed by atoms with Gasteiger partial charge in [0.2, 0.25) is 0 Å². The predicted molar refractivity (Wildman–Crippen MR) is 214 cm³/mol. The van der Waals surface area contributed by atoms with Crippen LogP contribution in [0, 0.1) is 11.3 Å². The third kappa shape index (κ3) is 5.12. The van der Waals surface area contributed by atoms with E-state index in [-0.39, 0.29) is 0 Å². The molecule has 0 saturated carbocycles. The molecule has 0 bridgehead atoms. The molecule has 8 aromatic carbocycles. The first-order valence-corrected chi connectivity index (χ1v) is 17.3. The molecular formula is C48H29N3O. The van der Waals surface area contributed by atoms with Gasteiger partial charge in [0.15, 0.2) is 5.58 Å². The maximum atomic E-state index is 9.42. The van der Waals surface area contributed by atoms with Gasteiger partial charge >= 0.3 is 0 Å². The van der Waals surface area contributed by atoms with E-state index in [1.165, 1.54) is 32.7 Å². The zero-order valence-electron chi connectivity index (χ0n) is 28.0. The quantitative estimate of drug-likeness (QED) is 0.184. The highest BCUT2D eigenvalue weighted by Crippen LogP contribution is 2.40. The molecule has 2 aromatic heterocycles. The van der Waals surface area contributed by atoms with E-state index in [0.717, 1.165) is 55.6 Å². The molecule has 0 aliphatic rings. The molecule has 0 amide bonds. The highest BCUT2D eigenvalue weighted by atomic mass is 16.3. The number of nitriles is 1. The third-order valence-electron chi connectivity index (χ3n) is 10.0. The van der Waals surface area contributed by atoms with Crippen molar-refractivity contribution in [1.82, 2.24) is 4.98 Å². The molecule has 0 saturated heterocycles. The fourth-order valence-electron chi connectivity index (χ4n) is 7.34. The van der Waals surface area contributed by atoms with Gasteiger partial charge < -0.3 is 9.32 Å². The molecule has 0 spiro atoms. The summed E-state index contributed by atoms with van der Waals surface area (Å²) in [7, 11) is 0. The van der Waals surface area contributed by atoms with E-state index in [0.29, 0.717) is 11.1 Å². The zero-order chi connectivity index (χ0) is 34.6. The Kier molecular flexibility index (Phi) is 6.84. The summed E-state index contributed by atoms with van der Waals surface area (Å²) in [6.45, 7) is 0. The zero-order valence-corrected chi connectivity index (χ0v) is 28.0. The van der Waals surface area contributed by atoms with E-state index in [1.807, 2.05) is 18.2 Å². The second kappa shape index (κ2) is 12.0. The fourth-order valence-corrected chi connectivity index (χ4v) is 7.34. The lowest BCUT2D eigenvalue weighted by Gasteiger charge is -2.26. The fraction of sp³-hybridized carbons (Fsp3) is 0. The topological polar surface area (TPSA) is 53.1 Å². The second-order valence-corrected chi connectivity index (χ2v) is 13.2. The summed E-state index contributed by atoms with van der Waals surface area (Å²) in [5.74, 6) is 0. The Morgan fingerprint density at radius 3 is 1.60 bits per heavy atom. The van der Waals surface area contributed by atoms with Crippen LogP contribution in [0.5, 0.6) is 0 Å². The average molecular weight is 664 g/mol. The van der Waals surface area contributed by atoms with Gasteiger partial charge in [-0.2, -0.15) is 5.26 Å². The molecule has 0 fully saturated rings. The summed E-state index contributed by atoms with van der Waals surface area (Å²) in [6, 6.07) is 63.8. The average Bonchev–Trinajstić information content (AvgIpc) is 3.56. The van der Waals surface area contributed by atoms with Gasteiger partial charge in [-0.25, -0.2) is 4.98 Å². The normalized spacial score (nSPS) is 11.4. The maximum Gasteiger partial charge on any atom is 0.154 e. The smallest absolute Gasteiger partial charge is 0.154 e. The maximum absolute atomic E-state index is 9.42. The minimum absolute atomic E-state index is 0.598. The van der Waals surface area contributed by atoms with Crippen LogP contribution in [0.4, 0.5) is 17.1 Å². The number of nitrogens with zero attached hydrogens (tertiary/aromatic N) is 3. The summed E-state index contributed by atoms with van der Waals surface area (Å²) in [6.07, 6.45) is 0. The van der Waals surface area contributed by atoms with Gasteiger partial charge in [0.25, 0.3) is 0 Å². The van der Waals surface area contributed by atoms with Gasteiger partial charge in [-0.05, 0) is 117 Å². The predicted octanol–water partition coefficient (Wildman–Crippen LogP) is 13.1. The lowest BCUT2D eigenvalue weighted by molar-refractivity contribution is 0.669. The Morgan fingerprint density at radius 2 is 1.00 bits per heavy atom. The number of anilines is 3. The Balaban J connectivity index is 1.08. The molecule has 10 rings (SSSR count). The van der Waals surface area contributed by atoms with Crippen molar-refractivity contribution in [3.8, 4) is 28.3 Å². The number of benzene rings is 8. The second-order valence-electron chi connectivity index (χ2n) is 13.2. The van der Waals surface area contributed by atoms with Gasteiger partial charge in [0.05, 0.1) is 17.1 Å². The van der Waals surface area contributed by atoms with Gasteiger partial charge in [-0.3, -0.25) is 0 Å². The SMILES string of the molecule is N#Cc1ccc2nc3c(cc2c1)oc1cc(N(c2ccc(-c4ccc5ccccc5c4)cc2)c2ccc(-c4ccc5ccccc5c4)cc2)ccc13. The van der Waals surface area contributed by atoms with E-state index in [4.69, 9.17) is 9.40 Å². The molecule has 242 valence electrons. The number of hydrogen-bond donors (Lipinski definition) is 0. The van der Waals surface area contributed by atoms with Crippen LogP contribution < -0.4 is 4.90 Å². The largest absolute Gasteiger partial charge is 0.454 e. The minimum atomic E-state index is 0.598. The Hall–Kier alpha value is -7.22. The van der Waals surface area contributed by atoms with Crippen molar-refractivity contribution in [3.05, 3.63) is 181 Å². The van der Waals surface area contributed by atoms with Crippen LogP contribution in [-0.2, 0) is 0 Å². The van der Waals surface area contributed by atoms with Crippen molar-refractivity contribution in [2.45, 2.75) is 0 Å². The number of furan rings is 1. The lowest BCUT2D eigenvalue weighted by Crippen LogP contribution is -2.09. The monoisotopic (exact) mass is 663 g/mol. The molecule has 4 heteroatoms. The van der Waals surface area contributed by atoms with Crippen molar-refractivity contribution in [1.29, 1.82) is 5.26 Å². The summed E-state index contributed by atoms with van der Waals surface area (Å²) in [5.41, 5.74) is 11.4. The summed E-state index contributed by atoms with van der Waals surface area (Å²) >= 11 is 0. The van der Waals surface area contributed by atoms with E-state index in [2.05, 4.69) is 163 Å². The van der Waals surface area contributed by atoms with Crippen LogP contribution in [0.15, 0.2) is 180 Å². The molecular weight excluding hydrogens is 635 g/mol. The summed E-state index contributed by atoms with van der Waals surface area (Å²) in [5, 5.41) is 16.2. The van der Waals surface area contributed by atoms with Crippen LogP contribution in [0.25, 0.3) is 76.8 Å². The van der Waals surface area contributed by atoms with Gasteiger partial charge in [0, 0.05) is 33.9 Å². The molecule has 52 heavy (non-hydrogen) atoms. The Bertz CT molecular complexity index is 2900. The first-order chi connectivity index (χ1) is 25.7. The lowest BCUT2D eigenvalue weighted by atomic mass is 10.00. The number of hydrogen-bond acceptors (Lipinski definition) is 4. The van der Waals surface area contributed by atoms with E-state index < -0.39 is 0 Å². The van der Waals surface area contributed by atoms with Gasteiger partial charge in [-0.1, -0.05) is 97.1 Å². The van der Waals surface area contributed by atoms with Crippen molar-refractivity contribution >= 4 is 71.6 Å². The van der Waals surface area contributed by atoms with Crippen LogP contribution in [-0.4, -0.2) is 4.98 Å². The summed E-state index contributed by atoms with van der Waals surface area (Å²) < 4.78 is 6.45.